The maximum Gasteiger partial charge on any atom is 1.00 e. The van der Waals surface area contributed by atoms with Crippen LogP contribution in [0.3, 0.4) is 0 Å². The van der Waals surface area contributed by atoms with Crippen molar-refractivity contribution >= 4 is 16.1 Å². The molecule has 0 aromatic heterocycles. The van der Waals surface area contributed by atoms with Gasteiger partial charge in [0.25, 0.3) is 0 Å². The van der Waals surface area contributed by atoms with Gasteiger partial charge in [-0.25, -0.2) is 0 Å². The largest absolute Gasteiger partial charge is 1.00 e. The Kier molecular flexibility index (Phi) is 18.2. The molecule has 0 aromatic carbocycles. The van der Waals surface area contributed by atoms with Crippen molar-refractivity contribution in [3.05, 3.63) is 0 Å². The van der Waals surface area contributed by atoms with Gasteiger partial charge in [-0.3, -0.25) is 4.79 Å². The Bertz CT molecular complexity index is 366. The minimum absolute atomic E-state index is 0. The number of carbonyl (C=O) groups excluding carboxylic acids is 1. The molecule has 22 heavy (non-hydrogen) atoms. The van der Waals surface area contributed by atoms with E-state index in [1.54, 1.807) is 7.05 Å². The summed E-state index contributed by atoms with van der Waals surface area (Å²) < 4.78 is 27.3. The molecule has 0 radical (unpaired) electrons. The molecule has 0 aliphatic heterocycles. The van der Waals surface area contributed by atoms with Crippen molar-refractivity contribution in [3.8, 4) is 0 Å². The number of unbranched alkanes of at least 4 members (excludes halogenated alkanes) is 8. The zero-order valence-corrected chi connectivity index (χ0v) is 17.3. The first-order valence-electron chi connectivity index (χ1n) is 8.11. The fraction of sp³-hybridized carbons (Fsp3) is 0.933. The number of nitrogens with one attached hydrogen (secondary N) is 1. The van der Waals surface area contributed by atoms with Gasteiger partial charge in [0.2, 0.25) is 0 Å². The van der Waals surface area contributed by atoms with Crippen molar-refractivity contribution in [2.45, 2.75) is 71.1 Å². The fourth-order valence-corrected chi connectivity index (χ4v) is 2.94. The number of hydrogen-bond donors (Lipinski definition) is 1. The first kappa shape index (κ1) is 24.6. The zero-order valence-electron chi connectivity index (χ0n) is 15.5. The minimum Gasteiger partial charge on any atom is -1.00 e. The molecule has 0 unspecified atom stereocenters. The van der Waals surface area contributed by atoms with E-state index in [1.165, 1.54) is 38.5 Å². The first-order valence-corrected chi connectivity index (χ1v) is 9.69. The van der Waals surface area contributed by atoms with Gasteiger partial charge in [-0.1, -0.05) is 58.3 Å². The van der Waals surface area contributed by atoms with Crippen molar-refractivity contribution in [1.29, 1.82) is 0 Å². The van der Waals surface area contributed by atoms with E-state index in [1.807, 2.05) is 0 Å². The average molecular weight is 345 g/mol. The predicted octanol–water partition coefficient (Wildman–Crippen LogP) is 0.116. The molecule has 0 saturated heterocycles. The standard InChI is InChI=1S/C15H31NO4S.Na.H/c1-3-4-5-6-7-8-9-10-11-12-15(17)20-21(18,19)14-13-16-2;;/h16H,3-14H2,1-2H3;;/q;+1;-1. The summed E-state index contributed by atoms with van der Waals surface area (Å²) in [6, 6.07) is 0. The van der Waals surface area contributed by atoms with Gasteiger partial charge in [0.1, 0.15) is 0 Å². The van der Waals surface area contributed by atoms with Gasteiger partial charge in [0.05, 0.1) is 5.75 Å². The van der Waals surface area contributed by atoms with Gasteiger partial charge < -0.3 is 10.9 Å². The normalized spacial score (nSPS) is 11.0. The van der Waals surface area contributed by atoms with Crippen LogP contribution in [0.4, 0.5) is 0 Å². The molecule has 0 fully saturated rings. The topological polar surface area (TPSA) is 72.5 Å². The Morgan fingerprint density at radius 2 is 1.50 bits per heavy atom. The van der Waals surface area contributed by atoms with Crippen LogP contribution >= 0.6 is 0 Å². The van der Waals surface area contributed by atoms with Gasteiger partial charge in [0, 0.05) is 13.0 Å². The van der Waals surface area contributed by atoms with Gasteiger partial charge in [-0.05, 0) is 13.5 Å². The SMILES string of the molecule is CCCCCCCCCCCC(=O)OS(=O)(=O)CCNC.[H-].[Na+]. The molecular weight excluding hydrogens is 313 g/mol. The van der Waals surface area contributed by atoms with Crippen molar-refractivity contribution < 1.29 is 48.4 Å². The van der Waals surface area contributed by atoms with E-state index < -0.39 is 16.1 Å². The molecule has 128 valence electrons. The van der Waals surface area contributed by atoms with E-state index in [0.717, 1.165) is 12.8 Å². The third-order valence-electron chi connectivity index (χ3n) is 3.31. The van der Waals surface area contributed by atoms with Crippen LogP contribution in [0.25, 0.3) is 0 Å². The summed E-state index contributed by atoms with van der Waals surface area (Å²) >= 11 is 0. The van der Waals surface area contributed by atoms with Gasteiger partial charge in [-0.2, -0.15) is 8.42 Å². The van der Waals surface area contributed by atoms with Crippen LogP contribution in [0, 0.1) is 0 Å². The zero-order chi connectivity index (χ0) is 16.0. The molecule has 0 aliphatic rings. The quantitative estimate of drug-likeness (QED) is 0.275. The molecule has 5 nitrogen and oxygen atoms in total. The second kappa shape index (κ2) is 16.2. The molecule has 0 aliphatic carbocycles. The first-order chi connectivity index (χ1) is 10.0. The van der Waals surface area contributed by atoms with E-state index in [9.17, 15) is 13.2 Å². The van der Waals surface area contributed by atoms with Crippen molar-refractivity contribution in [1.82, 2.24) is 5.32 Å². The summed E-state index contributed by atoms with van der Waals surface area (Å²) in [5, 5.41) is 2.71. The van der Waals surface area contributed by atoms with Crippen LogP contribution in [0.2, 0.25) is 0 Å². The molecule has 0 saturated carbocycles. The molecule has 0 aromatic rings. The monoisotopic (exact) mass is 345 g/mol. The van der Waals surface area contributed by atoms with Crippen LogP contribution in [-0.2, 0) is 19.1 Å². The molecule has 0 heterocycles. The Balaban J connectivity index is -0.00000200. The van der Waals surface area contributed by atoms with Crippen LogP contribution in [0.1, 0.15) is 72.6 Å². The smallest absolute Gasteiger partial charge is 1.00 e. The van der Waals surface area contributed by atoms with E-state index in [2.05, 4.69) is 16.4 Å². The summed E-state index contributed by atoms with van der Waals surface area (Å²) in [5.41, 5.74) is 0. The van der Waals surface area contributed by atoms with Gasteiger partial charge in [0.15, 0.2) is 0 Å². The molecule has 0 rings (SSSR count). The van der Waals surface area contributed by atoms with Gasteiger partial charge in [-0.15, -0.1) is 0 Å². The van der Waals surface area contributed by atoms with Crippen LogP contribution in [-0.4, -0.2) is 33.7 Å². The molecular formula is C15H32NNaO4S. The Labute approximate surface area is 159 Å². The summed E-state index contributed by atoms with van der Waals surface area (Å²) in [6.45, 7) is 2.49. The third kappa shape index (κ3) is 16.7. The minimum atomic E-state index is -3.72. The molecule has 0 amide bonds. The van der Waals surface area contributed by atoms with E-state index in [-0.39, 0.29) is 49.7 Å². The predicted molar refractivity (Wildman–Crippen MR) is 86.8 cm³/mol. The second-order valence-electron chi connectivity index (χ2n) is 5.40. The summed E-state index contributed by atoms with van der Waals surface area (Å²) in [4.78, 5) is 11.4. The maximum atomic E-state index is 11.4. The third-order valence-corrected chi connectivity index (χ3v) is 4.45. The Morgan fingerprint density at radius 3 is 2.00 bits per heavy atom. The Morgan fingerprint density at radius 1 is 1.00 bits per heavy atom. The van der Waals surface area contributed by atoms with Crippen molar-refractivity contribution in [3.63, 3.8) is 0 Å². The van der Waals surface area contributed by atoms with Crippen LogP contribution in [0.5, 0.6) is 0 Å². The van der Waals surface area contributed by atoms with Crippen molar-refractivity contribution in [2.24, 2.45) is 0 Å². The Hall–Kier alpha value is 0.380. The van der Waals surface area contributed by atoms with Crippen LogP contribution in [0.15, 0.2) is 0 Å². The number of rotatable bonds is 14. The fourth-order valence-electron chi connectivity index (χ4n) is 2.03. The van der Waals surface area contributed by atoms with Gasteiger partial charge >= 0.3 is 45.6 Å². The summed E-state index contributed by atoms with van der Waals surface area (Å²) in [6.07, 6.45) is 10.6. The summed E-state index contributed by atoms with van der Waals surface area (Å²) in [5.74, 6) is -0.804. The molecule has 0 spiro atoms. The van der Waals surface area contributed by atoms with Crippen molar-refractivity contribution in [2.75, 3.05) is 19.3 Å². The van der Waals surface area contributed by atoms with E-state index in [4.69, 9.17) is 0 Å². The molecule has 1 N–H and O–H groups in total. The summed E-state index contributed by atoms with van der Waals surface area (Å²) in [7, 11) is -2.06. The second-order valence-corrected chi connectivity index (χ2v) is 7.09. The maximum absolute atomic E-state index is 11.4. The molecule has 7 heteroatoms. The van der Waals surface area contributed by atoms with Crippen LogP contribution < -0.4 is 34.9 Å². The molecule has 0 bridgehead atoms. The number of carbonyl (C=O) groups is 1. The average Bonchev–Trinajstić information content (AvgIpc) is 2.43. The number of hydrogen-bond acceptors (Lipinski definition) is 5. The molecule has 0 atom stereocenters. The van der Waals surface area contributed by atoms with E-state index >= 15 is 0 Å². The van der Waals surface area contributed by atoms with E-state index in [0.29, 0.717) is 6.42 Å².